The number of nitrogens with one attached hydrogen (secondary N) is 1. The Morgan fingerprint density at radius 3 is 2.72 bits per heavy atom. The van der Waals surface area contributed by atoms with E-state index in [9.17, 15) is 9.59 Å². The minimum absolute atomic E-state index is 0.00363. The molecule has 7 heteroatoms. The van der Waals surface area contributed by atoms with E-state index in [0.717, 1.165) is 15.8 Å². The van der Waals surface area contributed by atoms with Crippen molar-refractivity contribution >= 4 is 39.1 Å². The molecule has 164 valence electrons. The van der Waals surface area contributed by atoms with Gasteiger partial charge in [0.25, 0.3) is 11.8 Å². The molecule has 1 aliphatic rings. The van der Waals surface area contributed by atoms with Crippen LogP contribution in [0.3, 0.4) is 0 Å². The van der Waals surface area contributed by atoms with Gasteiger partial charge in [-0.25, -0.2) is 0 Å². The van der Waals surface area contributed by atoms with E-state index in [2.05, 4.69) is 21.2 Å². The normalized spacial score (nSPS) is 12.7. The number of amides is 2. The lowest BCUT2D eigenvalue weighted by Crippen LogP contribution is -2.39. The van der Waals surface area contributed by atoms with Crippen molar-refractivity contribution in [3.05, 3.63) is 82.3 Å². The molecule has 0 saturated heterocycles. The summed E-state index contributed by atoms with van der Waals surface area (Å²) in [6, 6.07) is 20.3. The number of halogens is 1. The lowest BCUT2D eigenvalue weighted by atomic mass is 10.1. The maximum absolute atomic E-state index is 12.6. The van der Waals surface area contributed by atoms with Crippen LogP contribution in [-0.4, -0.2) is 31.6 Å². The van der Waals surface area contributed by atoms with Crippen molar-refractivity contribution in [1.29, 1.82) is 0 Å². The SMILES string of the molecule is Cc1cccc(OCCCN2C(=O)COc3ccc(NC(=O)c4ccc(Br)cc4)cc32)c1. The quantitative estimate of drug-likeness (QED) is 0.458. The molecule has 0 saturated carbocycles. The van der Waals surface area contributed by atoms with Crippen molar-refractivity contribution in [2.45, 2.75) is 13.3 Å². The molecule has 0 radical (unpaired) electrons. The number of anilines is 2. The highest BCUT2D eigenvalue weighted by molar-refractivity contribution is 9.10. The molecule has 4 rings (SSSR count). The summed E-state index contributed by atoms with van der Waals surface area (Å²) in [5.41, 5.74) is 2.92. The lowest BCUT2D eigenvalue weighted by molar-refractivity contribution is -0.121. The van der Waals surface area contributed by atoms with Gasteiger partial charge in [0, 0.05) is 22.3 Å². The van der Waals surface area contributed by atoms with Gasteiger partial charge in [0.2, 0.25) is 0 Å². The maximum atomic E-state index is 12.6. The summed E-state index contributed by atoms with van der Waals surface area (Å²) in [5, 5.41) is 2.88. The molecule has 1 N–H and O–H groups in total. The second-order valence-electron chi connectivity index (χ2n) is 7.50. The first-order chi connectivity index (χ1) is 15.5. The number of benzene rings is 3. The molecule has 3 aromatic carbocycles. The van der Waals surface area contributed by atoms with E-state index < -0.39 is 0 Å². The van der Waals surface area contributed by atoms with Gasteiger partial charge in [-0.2, -0.15) is 0 Å². The van der Waals surface area contributed by atoms with Gasteiger partial charge in [-0.1, -0.05) is 28.1 Å². The first-order valence-electron chi connectivity index (χ1n) is 10.3. The third-order valence-electron chi connectivity index (χ3n) is 5.05. The number of hydrogen-bond donors (Lipinski definition) is 1. The van der Waals surface area contributed by atoms with E-state index in [0.29, 0.717) is 42.3 Å². The van der Waals surface area contributed by atoms with Gasteiger partial charge in [-0.15, -0.1) is 0 Å². The van der Waals surface area contributed by atoms with Gasteiger partial charge >= 0.3 is 0 Å². The Morgan fingerprint density at radius 1 is 1.12 bits per heavy atom. The highest BCUT2D eigenvalue weighted by atomic mass is 79.9. The van der Waals surface area contributed by atoms with E-state index >= 15 is 0 Å². The molecule has 1 heterocycles. The molecule has 0 atom stereocenters. The molecule has 0 aromatic heterocycles. The summed E-state index contributed by atoms with van der Waals surface area (Å²) in [7, 11) is 0. The van der Waals surface area contributed by atoms with Crippen LogP contribution in [0, 0.1) is 6.92 Å². The summed E-state index contributed by atoms with van der Waals surface area (Å²) in [6.07, 6.45) is 0.661. The van der Waals surface area contributed by atoms with Gasteiger partial charge < -0.3 is 19.7 Å². The Morgan fingerprint density at radius 2 is 1.94 bits per heavy atom. The molecule has 2 amide bonds. The Bertz CT molecular complexity index is 1130. The molecular formula is C25H23BrN2O4. The highest BCUT2D eigenvalue weighted by Crippen LogP contribution is 2.35. The van der Waals surface area contributed by atoms with Gasteiger partial charge in [0.05, 0.1) is 12.3 Å². The van der Waals surface area contributed by atoms with Crippen LogP contribution in [0.5, 0.6) is 11.5 Å². The maximum Gasteiger partial charge on any atom is 0.265 e. The number of ether oxygens (including phenoxy) is 2. The summed E-state index contributed by atoms with van der Waals surface area (Å²) in [6.45, 7) is 2.99. The second-order valence-corrected chi connectivity index (χ2v) is 8.41. The van der Waals surface area contributed by atoms with Crippen LogP contribution < -0.4 is 19.7 Å². The Labute approximate surface area is 195 Å². The molecule has 6 nitrogen and oxygen atoms in total. The molecular weight excluding hydrogens is 472 g/mol. The van der Waals surface area contributed by atoms with Crippen molar-refractivity contribution < 1.29 is 19.1 Å². The van der Waals surface area contributed by atoms with Crippen molar-refractivity contribution in [1.82, 2.24) is 0 Å². The largest absolute Gasteiger partial charge is 0.494 e. The van der Waals surface area contributed by atoms with Crippen LogP contribution in [-0.2, 0) is 4.79 Å². The van der Waals surface area contributed by atoms with E-state index in [4.69, 9.17) is 9.47 Å². The number of carbonyl (C=O) groups excluding carboxylic acids is 2. The first kappa shape index (κ1) is 21.9. The van der Waals surface area contributed by atoms with Crippen LogP contribution in [0.25, 0.3) is 0 Å². The lowest BCUT2D eigenvalue weighted by Gasteiger charge is -2.30. The first-order valence-corrected chi connectivity index (χ1v) is 11.1. The summed E-state index contributed by atoms with van der Waals surface area (Å²) < 4.78 is 12.3. The molecule has 0 bridgehead atoms. The number of fused-ring (bicyclic) bond motifs is 1. The third kappa shape index (κ3) is 5.29. The van der Waals surface area contributed by atoms with Crippen LogP contribution in [0.2, 0.25) is 0 Å². The minimum atomic E-state index is -0.224. The standard InChI is InChI=1S/C25H23BrN2O4/c1-17-4-2-5-21(14-17)31-13-3-12-28-22-15-20(10-11-23(22)32-16-24(28)29)27-25(30)18-6-8-19(26)9-7-18/h2,4-11,14-15H,3,12-13,16H2,1H3,(H,27,30). The van der Waals surface area contributed by atoms with Crippen LogP contribution in [0.1, 0.15) is 22.3 Å². The molecule has 32 heavy (non-hydrogen) atoms. The molecule has 3 aromatic rings. The monoisotopic (exact) mass is 494 g/mol. The van der Waals surface area contributed by atoms with Gasteiger partial charge in [-0.05, 0) is 73.5 Å². The fraction of sp³-hybridized carbons (Fsp3) is 0.200. The van der Waals surface area contributed by atoms with E-state index in [1.807, 2.05) is 43.3 Å². The van der Waals surface area contributed by atoms with Crippen molar-refractivity contribution in [2.75, 3.05) is 30.0 Å². The van der Waals surface area contributed by atoms with Crippen LogP contribution in [0.15, 0.2) is 71.2 Å². The zero-order valence-electron chi connectivity index (χ0n) is 17.6. The molecule has 0 fully saturated rings. The van der Waals surface area contributed by atoms with Crippen LogP contribution in [0.4, 0.5) is 11.4 Å². The molecule has 0 aliphatic carbocycles. The number of hydrogen-bond acceptors (Lipinski definition) is 4. The highest BCUT2D eigenvalue weighted by Gasteiger charge is 2.25. The topological polar surface area (TPSA) is 67.9 Å². The predicted molar refractivity (Wildman–Crippen MR) is 128 cm³/mol. The molecule has 0 unspecified atom stereocenters. The number of carbonyl (C=O) groups is 2. The second kappa shape index (κ2) is 9.87. The average Bonchev–Trinajstić information content (AvgIpc) is 2.78. The van der Waals surface area contributed by atoms with Gasteiger partial charge in [0.1, 0.15) is 11.5 Å². The zero-order valence-corrected chi connectivity index (χ0v) is 19.2. The minimum Gasteiger partial charge on any atom is -0.494 e. The fourth-order valence-corrected chi connectivity index (χ4v) is 3.71. The summed E-state index contributed by atoms with van der Waals surface area (Å²) in [4.78, 5) is 26.8. The Kier molecular flexibility index (Phi) is 6.75. The van der Waals surface area contributed by atoms with Crippen LogP contribution >= 0.6 is 15.9 Å². The number of nitrogens with zero attached hydrogens (tertiary/aromatic N) is 1. The Balaban J connectivity index is 1.42. The predicted octanol–water partition coefficient (Wildman–Crippen LogP) is 5.20. The molecule has 0 spiro atoms. The fourth-order valence-electron chi connectivity index (χ4n) is 3.45. The number of rotatable bonds is 7. The average molecular weight is 495 g/mol. The van der Waals surface area contributed by atoms with E-state index in [-0.39, 0.29) is 18.4 Å². The van der Waals surface area contributed by atoms with E-state index in [1.165, 1.54) is 0 Å². The van der Waals surface area contributed by atoms with Crippen molar-refractivity contribution in [2.24, 2.45) is 0 Å². The van der Waals surface area contributed by atoms with Gasteiger partial charge in [-0.3, -0.25) is 9.59 Å². The smallest absolute Gasteiger partial charge is 0.265 e. The van der Waals surface area contributed by atoms with Crippen molar-refractivity contribution in [3.8, 4) is 11.5 Å². The van der Waals surface area contributed by atoms with Crippen molar-refractivity contribution in [3.63, 3.8) is 0 Å². The van der Waals surface area contributed by atoms with Gasteiger partial charge in [0.15, 0.2) is 6.61 Å². The zero-order chi connectivity index (χ0) is 22.5. The number of aryl methyl sites for hydroxylation is 1. The third-order valence-corrected chi connectivity index (χ3v) is 5.58. The molecule has 1 aliphatic heterocycles. The Hall–Kier alpha value is -3.32. The summed E-state index contributed by atoms with van der Waals surface area (Å²) in [5.74, 6) is 1.09. The van der Waals surface area contributed by atoms with E-state index in [1.54, 1.807) is 35.2 Å². The summed E-state index contributed by atoms with van der Waals surface area (Å²) >= 11 is 3.36.